The highest BCUT2D eigenvalue weighted by atomic mass is 35.5. The summed E-state index contributed by atoms with van der Waals surface area (Å²) >= 11 is 6.72. The molecule has 74 heavy (non-hydrogen) atoms. The first-order chi connectivity index (χ1) is 35.7. The number of urea groups is 1. The molecule has 392 valence electrons. The molecule has 15 nitrogen and oxygen atoms in total. The summed E-state index contributed by atoms with van der Waals surface area (Å²) in [7, 11) is 1.67. The lowest BCUT2D eigenvalue weighted by Gasteiger charge is -2.40. The van der Waals surface area contributed by atoms with Gasteiger partial charge in [0.15, 0.2) is 28.8 Å². The molecule has 1 saturated carbocycles. The number of nitrogens with zero attached hydrogens (tertiary/aromatic N) is 5. The third-order valence-corrected chi connectivity index (χ3v) is 16.7. The first-order valence-electron chi connectivity index (χ1n) is 25.8. The summed E-state index contributed by atoms with van der Waals surface area (Å²) < 4.78 is 62.3. The van der Waals surface area contributed by atoms with E-state index in [1.165, 1.54) is 27.8 Å². The summed E-state index contributed by atoms with van der Waals surface area (Å²) in [5.41, 5.74) is 6.26. The van der Waals surface area contributed by atoms with Gasteiger partial charge in [-0.05, 0) is 106 Å². The van der Waals surface area contributed by atoms with Crippen LogP contribution in [0.25, 0.3) is 22.0 Å². The van der Waals surface area contributed by atoms with Crippen LogP contribution in [-0.4, -0.2) is 114 Å². The molecule has 10 rings (SSSR count). The van der Waals surface area contributed by atoms with Gasteiger partial charge < -0.3 is 35.4 Å². The van der Waals surface area contributed by atoms with Gasteiger partial charge >= 0.3 is 6.03 Å². The van der Waals surface area contributed by atoms with Crippen molar-refractivity contribution in [1.82, 2.24) is 30.2 Å². The van der Waals surface area contributed by atoms with Crippen molar-refractivity contribution in [3.05, 3.63) is 105 Å². The Balaban J connectivity index is 0.735. The first-order valence-corrected chi connectivity index (χ1v) is 26.2. The molecule has 3 saturated heterocycles. The van der Waals surface area contributed by atoms with Gasteiger partial charge in [-0.1, -0.05) is 54.9 Å². The fraction of sp³-hybridized carbons (Fsp3) is 0.473. The van der Waals surface area contributed by atoms with Gasteiger partial charge in [-0.3, -0.25) is 29.3 Å². The number of amides is 5. The van der Waals surface area contributed by atoms with Gasteiger partial charge in [0.2, 0.25) is 17.7 Å². The minimum Gasteiger partial charge on any atom is -0.488 e. The average Bonchev–Trinajstić information content (AvgIpc) is 3.89. The standard InChI is InChI=1S/C55H62ClF3N8O7/c1-31-44-42(28-40(57)47(56)46(44)45-38(51(60)70)14-15-41(49(45)59)73-27-26-68)74-55(31,35-6-4-3-5-7-35)30-61-36-10-8-34(9-11-36)53(71)66-23-16-32(17-24-66)29-65-21-18-33(19-22-65)37-12-13-39-50(48(37)58)64(2)63-52(39)67-25-20-43(69)62-54(67)72/h3-7,12-15,28,31-34,36,61,68H,8-11,16-27,29-30H2,1-2H3,(H2,60,70)(H,62,69,72). The molecule has 2 atom stereocenters. The van der Waals surface area contributed by atoms with Crippen molar-refractivity contribution in [2.75, 3.05) is 63.9 Å². The fourth-order valence-electron chi connectivity index (χ4n) is 12.3. The number of likely N-dealkylation sites (tertiary alicyclic amines) is 2. The van der Waals surface area contributed by atoms with E-state index in [0.29, 0.717) is 33.8 Å². The summed E-state index contributed by atoms with van der Waals surface area (Å²) in [6.45, 7) is 5.86. The predicted octanol–water partition coefficient (Wildman–Crippen LogP) is 7.89. The van der Waals surface area contributed by atoms with Crippen molar-refractivity contribution in [2.45, 2.75) is 88.2 Å². The number of piperidine rings is 2. The van der Waals surface area contributed by atoms with E-state index >= 15 is 13.2 Å². The number of nitrogens with two attached hydrogens (primary N) is 1. The number of aryl methyl sites for hydroxylation is 1. The van der Waals surface area contributed by atoms with Crippen LogP contribution < -0.4 is 30.7 Å². The molecule has 5 aliphatic rings. The molecule has 0 bridgehead atoms. The molecule has 5 aromatic rings. The Kier molecular flexibility index (Phi) is 14.7. The minimum absolute atomic E-state index is 0.0517. The van der Waals surface area contributed by atoms with Crippen LogP contribution in [0.5, 0.6) is 11.5 Å². The highest BCUT2D eigenvalue weighted by molar-refractivity contribution is 6.34. The zero-order chi connectivity index (χ0) is 52.0. The highest BCUT2D eigenvalue weighted by Crippen LogP contribution is 2.56. The molecule has 5 heterocycles. The number of ether oxygens (including phenoxy) is 2. The summed E-state index contributed by atoms with van der Waals surface area (Å²) in [5.74, 6) is -3.14. The molecule has 19 heteroatoms. The van der Waals surface area contributed by atoms with Gasteiger partial charge in [-0.25, -0.2) is 18.0 Å². The molecule has 5 N–H and O–H groups in total. The van der Waals surface area contributed by atoms with Crippen molar-refractivity contribution < 1.29 is 46.9 Å². The maximum absolute atomic E-state index is 16.5. The molecule has 1 aromatic heterocycles. The van der Waals surface area contributed by atoms with Crippen LogP contribution in [-0.2, 0) is 22.2 Å². The number of hydrogen-bond donors (Lipinski definition) is 4. The molecule has 0 radical (unpaired) electrons. The molecule has 4 aromatic carbocycles. The number of rotatable bonds is 14. The van der Waals surface area contributed by atoms with Gasteiger partial charge in [0.25, 0.3) is 0 Å². The van der Waals surface area contributed by atoms with Crippen LogP contribution in [0.15, 0.2) is 60.7 Å². The number of benzene rings is 4. The Labute approximate surface area is 432 Å². The summed E-state index contributed by atoms with van der Waals surface area (Å²) in [4.78, 5) is 57.0. The number of carbonyl (C=O) groups excluding carboxylic acids is 4. The van der Waals surface area contributed by atoms with E-state index in [2.05, 4.69) is 20.6 Å². The number of aromatic nitrogens is 2. The molecule has 1 aliphatic carbocycles. The number of carbonyl (C=O) groups is 4. The number of anilines is 1. The van der Waals surface area contributed by atoms with E-state index in [0.717, 1.165) is 89.7 Å². The van der Waals surface area contributed by atoms with E-state index in [9.17, 15) is 24.3 Å². The van der Waals surface area contributed by atoms with Gasteiger partial charge in [-0.15, -0.1) is 0 Å². The smallest absolute Gasteiger partial charge is 0.329 e. The lowest BCUT2D eigenvalue weighted by Crippen LogP contribution is -2.49. The summed E-state index contributed by atoms with van der Waals surface area (Å²) in [5, 5.41) is 20.0. The van der Waals surface area contributed by atoms with Crippen molar-refractivity contribution in [3.8, 4) is 22.6 Å². The number of hydrogen-bond acceptors (Lipinski definition) is 10. The van der Waals surface area contributed by atoms with Gasteiger partial charge in [0.05, 0.1) is 17.2 Å². The van der Waals surface area contributed by atoms with Crippen LogP contribution in [0.2, 0.25) is 5.02 Å². The van der Waals surface area contributed by atoms with E-state index < -0.39 is 40.1 Å². The van der Waals surface area contributed by atoms with Crippen molar-refractivity contribution in [1.29, 1.82) is 0 Å². The number of fused-ring (bicyclic) bond motifs is 2. The Morgan fingerprint density at radius 1 is 0.932 bits per heavy atom. The lowest BCUT2D eigenvalue weighted by atomic mass is 9.77. The topological polar surface area (TPSA) is 185 Å². The zero-order valence-corrected chi connectivity index (χ0v) is 42.4. The van der Waals surface area contributed by atoms with Crippen LogP contribution >= 0.6 is 11.6 Å². The molecular formula is C55H62ClF3N8O7. The van der Waals surface area contributed by atoms with Crippen LogP contribution in [0.3, 0.4) is 0 Å². The molecule has 4 fully saturated rings. The number of aliphatic hydroxyl groups excluding tert-OH is 1. The van der Waals surface area contributed by atoms with Crippen LogP contribution in [0.4, 0.5) is 23.8 Å². The third kappa shape index (κ3) is 9.58. The Morgan fingerprint density at radius 3 is 2.35 bits per heavy atom. The zero-order valence-electron chi connectivity index (χ0n) is 41.6. The van der Waals surface area contributed by atoms with Crippen LogP contribution in [0, 0.1) is 29.3 Å². The molecule has 2 unspecified atom stereocenters. The van der Waals surface area contributed by atoms with E-state index in [4.69, 9.17) is 26.8 Å². The number of nitrogens with one attached hydrogen (secondary N) is 2. The second-order valence-corrected chi connectivity index (χ2v) is 21.0. The monoisotopic (exact) mass is 1040 g/mol. The fourth-order valence-corrected chi connectivity index (χ4v) is 12.6. The molecule has 5 amide bonds. The molecular weight excluding hydrogens is 977 g/mol. The third-order valence-electron chi connectivity index (χ3n) is 16.3. The number of primary amides is 1. The second kappa shape index (κ2) is 21.2. The van der Waals surface area contributed by atoms with Gasteiger partial charge in [-0.2, -0.15) is 5.10 Å². The van der Waals surface area contributed by atoms with E-state index in [1.807, 2.05) is 54.3 Å². The summed E-state index contributed by atoms with van der Waals surface area (Å²) in [6, 6.07) is 16.4. The number of halogens is 4. The van der Waals surface area contributed by atoms with E-state index in [-0.39, 0.29) is 96.4 Å². The predicted molar refractivity (Wildman–Crippen MR) is 273 cm³/mol. The normalized spacial score (nSPS) is 23.0. The maximum atomic E-state index is 16.5. The highest BCUT2D eigenvalue weighted by Gasteiger charge is 2.50. The Bertz CT molecular complexity index is 2970. The number of aliphatic hydroxyl groups is 1. The van der Waals surface area contributed by atoms with Crippen molar-refractivity contribution >= 4 is 52.1 Å². The van der Waals surface area contributed by atoms with E-state index in [1.54, 1.807) is 7.05 Å². The quantitative estimate of drug-likeness (QED) is 0.0854. The minimum atomic E-state index is -1.12. The van der Waals surface area contributed by atoms with Crippen LogP contribution in [0.1, 0.15) is 104 Å². The Morgan fingerprint density at radius 2 is 1.66 bits per heavy atom. The van der Waals surface area contributed by atoms with Gasteiger partial charge in [0.1, 0.15) is 23.7 Å². The molecule has 0 spiro atoms. The van der Waals surface area contributed by atoms with Crippen molar-refractivity contribution in [2.24, 2.45) is 24.6 Å². The SMILES string of the molecule is CC1c2c(cc(F)c(Cl)c2-c2c(C(N)=O)ccc(OCCO)c2F)OC1(CNC1CCC(C(=O)N2CCC(CN3CCC(c4ccc5c(N6CCC(=O)NC6=O)nn(C)c5c4F)CC3)CC2)CC1)c1ccccc1. The van der Waals surface area contributed by atoms with Crippen molar-refractivity contribution in [3.63, 3.8) is 0 Å². The Hall–Kier alpha value is -6.21. The summed E-state index contributed by atoms with van der Waals surface area (Å²) in [6.07, 6.45) is 6.62. The largest absolute Gasteiger partial charge is 0.488 e. The second-order valence-electron chi connectivity index (χ2n) is 20.6. The van der Waals surface area contributed by atoms with Gasteiger partial charge in [0, 0.05) is 92.2 Å². The number of imide groups is 1. The lowest BCUT2D eigenvalue weighted by molar-refractivity contribution is -0.138. The molecule has 4 aliphatic heterocycles. The average molecular weight is 1040 g/mol. The maximum Gasteiger partial charge on any atom is 0.329 e. The first kappa shape index (κ1) is 51.3.